The maximum Gasteiger partial charge on any atom is 0.0953 e. The van der Waals surface area contributed by atoms with Crippen LogP contribution in [0.2, 0.25) is 5.02 Å². The van der Waals surface area contributed by atoms with Crippen LogP contribution in [0.1, 0.15) is 37.4 Å². The van der Waals surface area contributed by atoms with Crippen molar-refractivity contribution in [3.8, 4) is 0 Å². The van der Waals surface area contributed by atoms with Gasteiger partial charge >= 0.3 is 0 Å². The average Bonchev–Trinajstić information content (AvgIpc) is 3.03. The molecule has 0 aliphatic heterocycles. The molecular formula is C15H24ClN5. The summed E-state index contributed by atoms with van der Waals surface area (Å²) in [6, 6.07) is 0. The normalized spacial score (nSPS) is 11.2. The molecule has 2 aromatic heterocycles. The molecule has 0 aliphatic carbocycles. The van der Waals surface area contributed by atoms with E-state index in [0.717, 1.165) is 54.6 Å². The second-order valence-electron chi connectivity index (χ2n) is 5.20. The molecule has 6 heteroatoms. The minimum atomic E-state index is 0.711. The van der Waals surface area contributed by atoms with E-state index in [-0.39, 0.29) is 0 Å². The summed E-state index contributed by atoms with van der Waals surface area (Å²) in [4.78, 5) is 4.45. The van der Waals surface area contributed by atoms with E-state index in [1.54, 1.807) is 0 Å². The van der Waals surface area contributed by atoms with Crippen LogP contribution in [-0.4, -0.2) is 32.4 Å². The van der Waals surface area contributed by atoms with Gasteiger partial charge in [-0.25, -0.2) is 4.98 Å². The molecule has 0 amide bonds. The van der Waals surface area contributed by atoms with E-state index in [4.69, 9.17) is 11.6 Å². The number of imidazole rings is 1. The smallest absolute Gasteiger partial charge is 0.0953 e. The van der Waals surface area contributed by atoms with Crippen LogP contribution in [0.5, 0.6) is 0 Å². The van der Waals surface area contributed by atoms with Crippen molar-refractivity contribution in [2.75, 3.05) is 13.1 Å². The Kier molecular flexibility index (Phi) is 5.82. The van der Waals surface area contributed by atoms with Gasteiger partial charge in [0.25, 0.3) is 0 Å². The molecule has 0 atom stereocenters. The lowest BCUT2D eigenvalue weighted by Gasteiger charge is -2.06. The van der Waals surface area contributed by atoms with Crippen molar-refractivity contribution < 1.29 is 0 Å². The van der Waals surface area contributed by atoms with Crippen molar-refractivity contribution >= 4 is 11.6 Å². The topological polar surface area (TPSA) is 47.7 Å². The van der Waals surface area contributed by atoms with Crippen molar-refractivity contribution in [3.05, 3.63) is 34.6 Å². The van der Waals surface area contributed by atoms with Gasteiger partial charge in [0, 0.05) is 25.7 Å². The fourth-order valence-electron chi connectivity index (χ4n) is 2.33. The number of aromatic nitrogens is 4. The lowest BCUT2D eigenvalue weighted by molar-refractivity contribution is 0.597. The minimum Gasteiger partial charge on any atom is -0.331 e. The van der Waals surface area contributed by atoms with Crippen LogP contribution in [0.3, 0.4) is 0 Å². The van der Waals surface area contributed by atoms with Crippen LogP contribution in [0.4, 0.5) is 0 Å². The van der Waals surface area contributed by atoms with Gasteiger partial charge in [-0.05, 0) is 26.8 Å². The van der Waals surface area contributed by atoms with Crippen LogP contribution in [-0.2, 0) is 19.5 Å². The molecule has 2 aromatic rings. The third kappa shape index (κ3) is 4.08. The molecule has 0 saturated carbocycles. The maximum atomic E-state index is 6.34. The zero-order chi connectivity index (χ0) is 15.2. The number of aryl methyl sites for hydroxylation is 2. The Morgan fingerprint density at radius 2 is 2.10 bits per heavy atom. The fourth-order valence-corrected chi connectivity index (χ4v) is 2.53. The largest absolute Gasteiger partial charge is 0.331 e. The van der Waals surface area contributed by atoms with Crippen LogP contribution in [0.25, 0.3) is 0 Å². The molecule has 0 unspecified atom stereocenters. The third-order valence-corrected chi connectivity index (χ3v) is 3.95. The van der Waals surface area contributed by atoms with Crippen molar-refractivity contribution in [1.29, 1.82) is 0 Å². The van der Waals surface area contributed by atoms with Crippen molar-refractivity contribution in [1.82, 2.24) is 24.6 Å². The summed E-state index contributed by atoms with van der Waals surface area (Å²) < 4.78 is 4.03. The van der Waals surface area contributed by atoms with Gasteiger partial charge in [-0.1, -0.05) is 18.5 Å². The number of rotatable bonds is 8. The lowest BCUT2D eigenvalue weighted by atomic mass is 10.3. The first-order chi connectivity index (χ1) is 10.2. The number of hydrogen-bond donors (Lipinski definition) is 1. The molecule has 116 valence electrons. The van der Waals surface area contributed by atoms with Crippen molar-refractivity contribution in [3.63, 3.8) is 0 Å². The van der Waals surface area contributed by atoms with Gasteiger partial charge in [0.15, 0.2) is 0 Å². The first kappa shape index (κ1) is 16.0. The highest BCUT2D eigenvalue weighted by Gasteiger charge is 2.13. The van der Waals surface area contributed by atoms with Crippen molar-refractivity contribution in [2.45, 2.75) is 46.7 Å². The lowest BCUT2D eigenvalue weighted by Crippen LogP contribution is -2.17. The van der Waals surface area contributed by atoms with Crippen molar-refractivity contribution in [2.24, 2.45) is 0 Å². The Labute approximate surface area is 131 Å². The van der Waals surface area contributed by atoms with Crippen LogP contribution in [0, 0.1) is 6.92 Å². The molecule has 0 saturated heterocycles. The number of halogens is 1. The average molecular weight is 310 g/mol. The molecule has 0 fully saturated rings. The van der Waals surface area contributed by atoms with E-state index in [1.165, 1.54) is 0 Å². The fraction of sp³-hybridized carbons (Fsp3) is 0.600. The molecule has 0 spiro atoms. The van der Waals surface area contributed by atoms with E-state index in [0.29, 0.717) is 6.54 Å². The summed E-state index contributed by atoms with van der Waals surface area (Å²) in [7, 11) is 0. The molecule has 0 radical (unpaired) electrons. The summed E-state index contributed by atoms with van der Waals surface area (Å²) in [5, 5.41) is 8.59. The Hall–Kier alpha value is -1.33. The zero-order valence-corrected chi connectivity index (χ0v) is 13.8. The zero-order valence-electron chi connectivity index (χ0n) is 13.1. The molecule has 0 aromatic carbocycles. The quantitative estimate of drug-likeness (QED) is 0.763. The predicted molar refractivity (Wildman–Crippen MR) is 85.8 cm³/mol. The minimum absolute atomic E-state index is 0.711. The molecule has 1 N–H and O–H groups in total. The van der Waals surface area contributed by atoms with Gasteiger partial charge in [0.1, 0.15) is 0 Å². The standard InChI is InChI=1S/C15H24ClN5/c1-4-7-17-8-6-13-9-20(11-18-13)10-14-15(16)12(3)19-21(14)5-2/h9,11,17H,4-8,10H2,1-3H3. The van der Waals surface area contributed by atoms with Gasteiger partial charge in [0.2, 0.25) is 0 Å². The van der Waals surface area contributed by atoms with Crippen LogP contribution in [0.15, 0.2) is 12.5 Å². The summed E-state index contributed by atoms with van der Waals surface area (Å²) in [5.74, 6) is 0. The predicted octanol–water partition coefficient (Wildman–Crippen LogP) is 2.65. The molecule has 0 aliphatic rings. The summed E-state index contributed by atoms with van der Waals surface area (Å²) in [6.45, 7) is 9.75. The number of nitrogens with zero attached hydrogens (tertiary/aromatic N) is 4. The summed E-state index contributed by atoms with van der Waals surface area (Å²) >= 11 is 6.34. The Balaban J connectivity index is 1.99. The molecule has 2 rings (SSSR count). The first-order valence-corrected chi connectivity index (χ1v) is 7.96. The highest BCUT2D eigenvalue weighted by molar-refractivity contribution is 6.31. The van der Waals surface area contributed by atoms with E-state index in [2.05, 4.69) is 40.0 Å². The highest BCUT2D eigenvalue weighted by atomic mass is 35.5. The molecular weight excluding hydrogens is 286 g/mol. The summed E-state index contributed by atoms with van der Waals surface area (Å²) in [5.41, 5.74) is 3.04. The second kappa shape index (κ2) is 7.61. The van der Waals surface area contributed by atoms with E-state index >= 15 is 0 Å². The molecule has 21 heavy (non-hydrogen) atoms. The molecule has 0 bridgehead atoms. The summed E-state index contributed by atoms with van der Waals surface area (Å²) in [6.07, 6.45) is 6.07. The monoisotopic (exact) mass is 309 g/mol. The highest BCUT2D eigenvalue weighted by Crippen LogP contribution is 2.21. The van der Waals surface area contributed by atoms with E-state index in [1.807, 2.05) is 17.9 Å². The first-order valence-electron chi connectivity index (χ1n) is 7.58. The van der Waals surface area contributed by atoms with Crippen LogP contribution < -0.4 is 5.32 Å². The van der Waals surface area contributed by atoms with Gasteiger partial charge in [0.05, 0.1) is 35.0 Å². The Morgan fingerprint density at radius 1 is 1.29 bits per heavy atom. The number of hydrogen-bond acceptors (Lipinski definition) is 3. The van der Waals surface area contributed by atoms with Gasteiger partial charge < -0.3 is 9.88 Å². The van der Waals surface area contributed by atoms with Gasteiger partial charge in [-0.2, -0.15) is 5.10 Å². The third-order valence-electron chi connectivity index (χ3n) is 3.46. The Morgan fingerprint density at radius 3 is 2.81 bits per heavy atom. The van der Waals surface area contributed by atoms with E-state index in [9.17, 15) is 0 Å². The van der Waals surface area contributed by atoms with E-state index < -0.39 is 0 Å². The van der Waals surface area contributed by atoms with Gasteiger partial charge in [-0.3, -0.25) is 4.68 Å². The van der Waals surface area contributed by atoms with Crippen LogP contribution >= 0.6 is 11.6 Å². The number of nitrogens with one attached hydrogen (secondary N) is 1. The molecule has 5 nitrogen and oxygen atoms in total. The second-order valence-corrected chi connectivity index (χ2v) is 5.58. The maximum absolute atomic E-state index is 6.34. The molecule has 2 heterocycles. The Bertz CT molecular complexity index is 573. The van der Waals surface area contributed by atoms with Gasteiger partial charge in [-0.15, -0.1) is 0 Å². The SMILES string of the molecule is CCCNCCc1cn(Cc2c(Cl)c(C)nn2CC)cn1.